The Kier molecular flexibility index (Phi) is 10.2. The van der Waals surface area contributed by atoms with Crippen LogP contribution in [0.15, 0.2) is 70.7 Å². The van der Waals surface area contributed by atoms with E-state index < -0.39 is 30.2 Å². The number of hydrogen-bond acceptors (Lipinski definition) is 7. The quantitative estimate of drug-likeness (QED) is 0.184. The maximum absolute atomic E-state index is 13.8. The largest absolute Gasteiger partial charge is 0.490 e. The molecule has 0 saturated heterocycles. The summed E-state index contributed by atoms with van der Waals surface area (Å²) in [6.45, 7) is 1.60. The molecule has 0 aliphatic heterocycles. The Labute approximate surface area is 232 Å². The van der Waals surface area contributed by atoms with E-state index >= 15 is 0 Å². The molecule has 0 spiro atoms. The molecule has 0 heterocycles. The van der Waals surface area contributed by atoms with Gasteiger partial charge in [0.2, 0.25) is 0 Å². The van der Waals surface area contributed by atoms with Gasteiger partial charge in [0.15, 0.2) is 18.1 Å². The van der Waals surface area contributed by atoms with Gasteiger partial charge in [-0.2, -0.15) is 5.26 Å². The van der Waals surface area contributed by atoms with Crippen molar-refractivity contribution in [2.45, 2.75) is 6.92 Å². The molecule has 0 bridgehead atoms. The minimum atomic E-state index is -0.664. The van der Waals surface area contributed by atoms with Gasteiger partial charge in [-0.1, -0.05) is 12.1 Å². The topological polar surface area (TPSA) is 127 Å². The fourth-order valence-electron chi connectivity index (χ4n) is 3.28. The standard InChI is InChI=1S/C28H23BrFN3O6/c1-3-38-24-14-17(12-19(15-31)27(35)32-20-10-8-18(9-11-20)28(36)37-2)13-21(29)26(24)39-16-25(34)33-23-7-5-4-6-22(23)30/h4-14H,3,16H2,1-2H3,(H,32,35)(H,33,34)/b19-12-. The van der Waals surface area contributed by atoms with Crippen molar-refractivity contribution in [3.8, 4) is 17.6 Å². The highest BCUT2D eigenvalue weighted by molar-refractivity contribution is 9.10. The van der Waals surface area contributed by atoms with Gasteiger partial charge in [0, 0.05) is 5.69 Å². The van der Waals surface area contributed by atoms with Crippen LogP contribution in [0.2, 0.25) is 0 Å². The minimum Gasteiger partial charge on any atom is -0.490 e. The predicted octanol–water partition coefficient (Wildman–Crippen LogP) is 5.34. The summed E-state index contributed by atoms with van der Waals surface area (Å²) in [4.78, 5) is 36.6. The van der Waals surface area contributed by atoms with E-state index in [4.69, 9.17) is 9.47 Å². The van der Waals surface area contributed by atoms with E-state index in [0.29, 0.717) is 21.3 Å². The van der Waals surface area contributed by atoms with Gasteiger partial charge in [-0.25, -0.2) is 9.18 Å². The highest BCUT2D eigenvalue weighted by Crippen LogP contribution is 2.37. The lowest BCUT2D eigenvalue weighted by Crippen LogP contribution is -2.21. The van der Waals surface area contributed by atoms with Crippen LogP contribution in [0.1, 0.15) is 22.8 Å². The number of esters is 1. The summed E-state index contributed by atoms with van der Waals surface area (Å²) in [5, 5.41) is 14.6. The molecule has 0 unspecified atom stereocenters. The van der Waals surface area contributed by atoms with E-state index in [0.717, 1.165) is 0 Å². The van der Waals surface area contributed by atoms with Crippen LogP contribution >= 0.6 is 15.9 Å². The van der Waals surface area contributed by atoms with Crippen molar-refractivity contribution in [1.29, 1.82) is 5.26 Å². The molecule has 39 heavy (non-hydrogen) atoms. The molecule has 9 nitrogen and oxygen atoms in total. The summed E-state index contributed by atoms with van der Waals surface area (Å²) in [6.07, 6.45) is 1.36. The highest BCUT2D eigenvalue weighted by Gasteiger charge is 2.16. The maximum atomic E-state index is 13.8. The van der Waals surface area contributed by atoms with E-state index in [1.54, 1.807) is 25.1 Å². The highest BCUT2D eigenvalue weighted by atomic mass is 79.9. The fourth-order valence-corrected chi connectivity index (χ4v) is 3.86. The lowest BCUT2D eigenvalue weighted by Gasteiger charge is -2.15. The normalized spacial score (nSPS) is 10.7. The zero-order chi connectivity index (χ0) is 28.4. The van der Waals surface area contributed by atoms with Gasteiger partial charge < -0.3 is 24.8 Å². The van der Waals surface area contributed by atoms with Gasteiger partial charge in [-0.3, -0.25) is 9.59 Å². The number of benzene rings is 3. The van der Waals surface area contributed by atoms with E-state index in [-0.39, 0.29) is 29.4 Å². The number of amides is 2. The number of ether oxygens (including phenoxy) is 3. The average molecular weight is 596 g/mol. The second-order valence-electron chi connectivity index (χ2n) is 7.77. The lowest BCUT2D eigenvalue weighted by molar-refractivity contribution is -0.118. The molecule has 0 aromatic heterocycles. The Hall–Kier alpha value is -4.69. The molecule has 3 aromatic rings. The van der Waals surface area contributed by atoms with Crippen molar-refractivity contribution in [2.75, 3.05) is 31.0 Å². The molecule has 0 aliphatic rings. The number of carbonyl (C=O) groups excluding carboxylic acids is 3. The van der Waals surface area contributed by atoms with Gasteiger partial charge in [0.1, 0.15) is 17.5 Å². The lowest BCUT2D eigenvalue weighted by atomic mass is 10.1. The number of halogens is 2. The Balaban J connectivity index is 1.76. The van der Waals surface area contributed by atoms with Crippen molar-refractivity contribution >= 4 is 51.2 Å². The molecular formula is C28H23BrFN3O6. The SMILES string of the molecule is CCOc1cc(/C=C(/C#N)C(=O)Nc2ccc(C(=O)OC)cc2)cc(Br)c1OCC(=O)Nc1ccccc1F. The van der Waals surface area contributed by atoms with Gasteiger partial charge in [-0.15, -0.1) is 0 Å². The number of methoxy groups -OCH3 is 1. The van der Waals surface area contributed by atoms with Crippen LogP contribution in [0.5, 0.6) is 11.5 Å². The molecule has 0 saturated carbocycles. The molecular weight excluding hydrogens is 573 g/mol. The van der Waals surface area contributed by atoms with E-state index in [1.807, 2.05) is 6.07 Å². The van der Waals surface area contributed by atoms with E-state index in [1.165, 1.54) is 55.7 Å². The van der Waals surface area contributed by atoms with E-state index in [2.05, 4.69) is 31.3 Å². The molecule has 200 valence electrons. The first-order valence-electron chi connectivity index (χ1n) is 11.5. The number of nitrogens with one attached hydrogen (secondary N) is 2. The van der Waals surface area contributed by atoms with Gasteiger partial charge in [-0.05, 0) is 83.0 Å². The van der Waals surface area contributed by atoms with Crippen LogP contribution in [0.3, 0.4) is 0 Å². The van der Waals surface area contributed by atoms with Crippen LogP contribution in [0.4, 0.5) is 15.8 Å². The summed E-state index contributed by atoms with van der Waals surface area (Å²) < 4.78 is 30.1. The number of para-hydroxylation sites is 1. The maximum Gasteiger partial charge on any atom is 0.337 e. The molecule has 3 aromatic carbocycles. The fraction of sp³-hybridized carbons (Fsp3) is 0.143. The number of anilines is 2. The summed E-state index contributed by atoms with van der Waals surface area (Å²) in [6, 6.07) is 16.7. The number of hydrogen-bond donors (Lipinski definition) is 2. The monoisotopic (exact) mass is 595 g/mol. The molecule has 0 fully saturated rings. The zero-order valence-corrected chi connectivity index (χ0v) is 22.5. The smallest absolute Gasteiger partial charge is 0.337 e. The van der Waals surface area contributed by atoms with Gasteiger partial charge in [0.25, 0.3) is 11.8 Å². The number of nitriles is 1. The van der Waals surface area contributed by atoms with Crippen molar-refractivity contribution in [2.24, 2.45) is 0 Å². The molecule has 0 atom stereocenters. The first-order chi connectivity index (χ1) is 18.7. The third-order valence-electron chi connectivity index (χ3n) is 5.07. The van der Waals surface area contributed by atoms with Crippen LogP contribution in [-0.2, 0) is 14.3 Å². The van der Waals surface area contributed by atoms with Crippen molar-refractivity contribution < 1.29 is 33.0 Å². The molecule has 3 rings (SSSR count). The zero-order valence-electron chi connectivity index (χ0n) is 20.9. The average Bonchev–Trinajstić information content (AvgIpc) is 2.92. The summed E-state index contributed by atoms with van der Waals surface area (Å²) in [5.74, 6) is -1.86. The second-order valence-corrected chi connectivity index (χ2v) is 8.63. The van der Waals surface area contributed by atoms with Crippen molar-refractivity contribution in [3.63, 3.8) is 0 Å². The molecule has 2 N–H and O–H groups in total. The van der Waals surface area contributed by atoms with Crippen LogP contribution in [0, 0.1) is 17.1 Å². The van der Waals surface area contributed by atoms with Crippen molar-refractivity contribution in [3.05, 3.63) is 87.7 Å². The van der Waals surface area contributed by atoms with Crippen LogP contribution in [0.25, 0.3) is 6.08 Å². The number of rotatable bonds is 10. The molecule has 2 amide bonds. The Bertz CT molecular complexity index is 1450. The summed E-state index contributed by atoms with van der Waals surface area (Å²) in [5.41, 5.74) is 0.965. The third kappa shape index (κ3) is 7.90. The Morgan fingerprint density at radius 3 is 2.41 bits per heavy atom. The molecule has 11 heteroatoms. The van der Waals surface area contributed by atoms with Gasteiger partial charge >= 0.3 is 5.97 Å². The van der Waals surface area contributed by atoms with Crippen LogP contribution < -0.4 is 20.1 Å². The van der Waals surface area contributed by atoms with Gasteiger partial charge in [0.05, 0.1) is 29.4 Å². The van der Waals surface area contributed by atoms with Crippen molar-refractivity contribution in [1.82, 2.24) is 0 Å². The Morgan fingerprint density at radius 1 is 1.05 bits per heavy atom. The first-order valence-corrected chi connectivity index (χ1v) is 12.3. The van der Waals surface area contributed by atoms with E-state index in [9.17, 15) is 24.0 Å². The summed E-state index contributed by atoms with van der Waals surface area (Å²) >= 11 is 3.38. The second kappa shape index (κ2) is 13.7. The first kappa shape index (κ1) is 28.9. The number of carbonyl (C=O) groups is 3. The predicted molar refractivity (Wildman–Crippen MR) is 146 cm³/mol. The third-order valence-corrected chi connectivity index (χ3v) is 5.66. The molecule has 0 radical (unpaired) electrons. The van der Waals surface area contributed by atoms with Crippen LogP contribution in [-0.4, -0.2) is 38.1 Å². The summed E-state index contributed by atoms with van der Waals surface area (Å²) in [7, 11) is 1.26. The molecule has 0 aliphatic carbocycles. The Morgan fingerprint density at radius 2 is 1.77 bits per heavy atom. The minimum absolute atomic E-state index is 0.0254. The number of nitrogens with zero attached hydrogens (tertiary/aromatic N) is 1.